The number of hydrogen-bond donors (Lipinski definition) is 0. The van der Waals surface area contributed by atoms with Gasteiger partial charge < -0.3 is 14.2 Å². The highest BCUT2D eigenvalue weighted by molar-refractivity contribution is 5.96. The van der Waals surface area contributed by atoms with Crippen molar-refractivity contribution >= 4 is 5.91 Å². The maximum atomic E-state index is 13.1. The third-order valence-corrected chi connectivity index (χ3v) is 6.41. The Morgan fingerprint density at radius 1 is 1.21 bits per heavy atom. The number of nitrogens with zero attached hydrogens (tertiary/aromatic N) is 3. The molecule has 0 saturated carbocycles. The van der Waals surface area contributed by atoms with Crippen molar-refractivity contribution in [3.8, 4) is 6.01 Å². The Kier molecular flexibility index (Phi) is 6.55. The number of benzene rings is 1. The maximum Gasteiger partial charge on any atom is 0.306 e. The molecule has 5 rings (SSSR count). The second-order valence-electron chi connectivity index (χ2n) is 8.78. The normalized spacial score (nSPS) is 27.4. The van der Waals surface area contributed by atoms with E-state index in [0.29, 0.717) is 30.7 Å². The lowest BCUT2D eigenvalue weighted by Gasteiger charge is -2.24. The molecule has 0 spiro atoms. The number of carbonyl (C=O) groups excluding carboxylic acids is 1. The van der Waals surface area contributed by atoms with Crippen LogP contribution in [0.25, 0.3) is 0 Å². The van der Waals surface area contributed by atoms with Gasteiger partial charge in [0.2, 0.25) is 0 Å². The van der Waals surface area contributed by atoms with E-state index in [0.717, 1.165) is 36.9 Å². The molecule has 4 atom stereocenters. The van der Waals surface area contributed by atoms with Gasteiger partial charge in [-0.1, -0.05) is 18.2 Å². The molecule has 3 saturated heterocycles. The molecule has 33 heavy (non-hydrogen) atoms. The van der Waals surface area contributed by atoms with Crippen LogP contribution < -0.4 is 10.3 Å². The summed E-state index contributed by atoms with van der Waals surface area (Å²) in [5.74, 6) is -0.455. The van der Waals surface area contributed by atoms with Crippen molar-refractivity contribution in [1.82, 2.24) is 14.6 Å². The first kappa shape index (κ1) is 22.2. The smallest absolute Gasteiger partial charge is 0.306 e. The molecule has 0 radical (unpaired) electrons. The number of carbonyl (C=O) groups is 1. The summed E-state index contributed by atoms with van der Waals surface area (Å²) in [6.45, 7) is 3.54. The van der Waals surface area contributed by atoms with E-state index < -0.39 is 11.5 Å². The summed E-state index contributed by atoms with van der Waals surface area (Å²) in [7, 11) is 0. The Balaban J connectivity index is 1.28. The molecule has 1 aromatic heterocycles. The molecular weight excluding hydrogens is 426 g/mol. The van der Waals surface area contributed by atoms with Gasteiger partial charge in [-0.3, -0.25) is 14.4 Å². The number of fused-ring (bicyclic) bond motifs is 1. The maximum absolute atomic E-state index is 13.1. The van der Waals surface area contributed by atoms with E-state index in [4.69, 9.17) is 19.0 Å². The second kappa shape index (κ2) is 9.72. The minimum atomic E-state index is -0.455. The third-order valence-electron chi connectivity index (χ3n) is 6.41. The first-order valence-corrected chi connectivity index (χ1v) is 11.6. The molecule has 0 aliphatic carbocycles. The van der Waals surface area contributed by atoms with E-state index in [1.54, 1.807) is 31.2 Å². The van der Waals surface area contributed by atoms with Gasteiger partial charge >= 0.3 is 6.01 Å². The molecule has 9 nitrogen and oxygen atoms in total. The summed E-state index contributed by atoms with van der Waals surface area (Å²) < 4.78 is 18.8. The van der Waals surface area contributed by atoms with Crippen molar-refractivity contribution in [3.63, 3.8) is 0 Å². The minimum Gasteiger partial charge on any atom is -0.459 e. The Bertz CT molecular complexity index is 1040. The lowest BCUT2D eigenvalue weighted by molar-refractivity contribution is -0.206. The fraction of sp³-hybridized carbons (Fsp3) is 0.542. The Morgan fingerprint density at radius 2 is 2.06 bits per heavy atom. The standard InChI is InChI=1S/C24H29N3O6/c1-16-14-25-24(27(22(16)28)23(29)17-7-3-2-4-8-17)32-20-10-11-26-19(20)13-18(33-26)15-31-21-9-5-6-12-30-21/h2-4,7-8,14,18-21H,5-6,9-13,15H2,1H3/t18-,19-,20-,21?/m1/s1. The number of aryl methyl sites for hydroxylation is 1. The Labute approximate surface area is 192 Å². The summed E-state index contributed by atoms with van der Waals surface area (Å²) in [6.07, 6.45) is 5.54. The summed E-state index contributed by atoms with van der Waals surface area (Å²) in [6, 6.07) is 8.69. The highest BCUT2D eigenvalue weighted by Gasteiger charge is 2.45. The third kappa shape index (κ3) is 4.72. The zero-order valence-corrected chi connectivity index (χ0v) is 18.7. The van der Waals surface area contributed by atoms with Crippen molar-refractivity contribution in [2.75, 3.05) is 19.8 Å². The van der Waals surface area contributed by atoms with Crippen LogP contribution in [-0.4, -0.2) is 64.8 Å². The van der Waals surface area contributed by atoms with Crippen molar-refractivity contribution < 1.29 is 23.8 Å². The van der Waals surface area contributed by atoms with Crippen LogP contribution in [0.4, 0.5) is 0 Å². The number of aromatic nitrogens is 2. The monoisotopic (exact) mass is 455 g/mol. The van der Waals surface area contributed by atoms with Gasteiger partial charge in [0.05, 0.1) is 12.6 Å². The molecule has 3 aliphatic rings. The van der Waals surface area contributed by atoms with Gasteiger partial charge in [-0.2, -0.15) is 9.63 Å². The van der Waals surface area contributed by atoms with Crippen molar-refractivity contribution in [1.29, 1.82) is 0 Å². The van der Waals surface area contributed by atoms with E-state index >= 15 is 0 Å². The molecule has 4 heterocycles. The first-order valence-electron chi connectivity index (χ1n) is 11.6. The number of hydrogen-bond acceptors (Lipinski definition) is 8. The van der Waals surface area contributed by atoms with Crippen LogP contribution in [0.1, 0.15) is 48.0 Å². The Morgan fingerprint density at radius 3 is 2.85 bits per heavy atom. The van der Waals surface area contributed by atoms with E-state index in [2.05, 4.69) is 4.98 Å². The van der Waals surface area contributed by atoms with E-state index in [-0.39, 0.29) is 30.6 Å². The van der Waals surface area contributed by atoms with Gasteiger partial charge in [0.1, 0.15) is 12.2 Å². The average Bonchev–Trinajstić information content (AvgIpc) is 3.42. The predicted octanol–water partition coefficient (Wildman–Crippen LogP) is 2.31. The number of rotatable bonds is 6. The van der Waals surface area contributed by atoms with E-state index in [1.165, 1.54) is 6.20 Å². The van der Waals surface area contributed by atoms with Gasteiger partial charge in [0.25, 0.3) is 11.5 Å². The molecule has 176 valence electrons. The second-order valence-corrected chi connectivity index (χ2v) is 8.78. The zero-order valence-electron chi connectivity index (χ0n) is 18.7. The SMILES string of the molecule is Cc1cnc(O[C@@H]2CCN3O[C@@H](COC4CCCCO4)C[C@H]23)n(C(=O)c2ccccc2)c1=O. The number of ether oxygens (including phenoxy) is 3. The van der Waals surface area contributed by atoms with Crippen molar-refractivity contribution in [2.45, 2.75) is 63.6 Å². The van der Waals surface area contributed by atoms with Crippen LogP contribution in [0.3, 0.4) is 0 Å². The fourth-order valence-corrected chi connectivity index (χ4v) is 4.63. The van der Waals surface area contributed by atoms with E-state index in [9.17, 15) is 9.59 Å². The van der Waals surface area contributed by atoms with Crippen LogP contribution in [0.15, 0.2) is 41.3 Å². The quantitative estimate of drug-likeness (QED) is 0.655. The molecule has 9 heteroatoms. The van der Waals surface area contributed by atoms with E-state index in [1.807, 2.05) is 11.1 Å². The topological polar surface area (TPSA) is 92.1 Å². The van der Waals surface area contributed by atoms with Crippen molar-refractivity contribution in [2.24, 2.45) is 0 Å². The van der Waals surface area contributed by atoms with Crippen LogP contribution in [0, 0.1) is 6.92 Å². The summed E-state index contributed by atoms with van der Waals surface area (Å²) in [5.41, 5.74) is 0.354. The predicted molar refractivity (Wildman–Crippen MR) is 118 cm³/mol. The first-order chi connectivity index (χ1) is 16.1. The lowest BCUT2D eigenvalue weighted by Crippen LogP contribution is -2.36. The summed E-state index contributed by atoms with van der Waals surface area (Å²) in [4.78, 5) is 36.3. The van der Waals surface area contributed by atoms with Gasteiger partial charge in [-0.15, -0.1) is 0 Å². The summed E-state index contributed by atoms with van der Waals surface area (Å²) >= 11 is 0. The van der Waals surface area contributed by atoms with Gasteiger partial charge in [-0.25, -0.2) is 4.98 Å². The molecule has 2 aromatic rings. The fourth-order valence-electron chi connectivity index (χ4n) is 4.63. The largest absolute Gasteiger partial charge is 0.459 e. The average molecular weight is 456 g/mol. The number of hydroxylamine groups is 2. The highest BCUT2D eigenvalue weighted by Crippen LogP contribution is 2.33. The molecular formula is C24H29N3O6. The van der Waals surface area contributed by atoms with Crippen LogP contribution in [0.5, 0.6) is 6.01 Å². The Hall–Kier alpha value is -2.59. The minimum absolute atomic E-state index is 0.00403. The van der Waals surface area contributed by atoms with Gasteiger partial charge in [0.15, 0.2) is 6.29 Å². The molecule has 1 aromatic carbocycles. The molecule has 1 unspecified atom stereocenters. The molecule has 3 aliphatic heterocycles. The molecule has 0 bridgehead atoms. The van der Waals surface area contributed by atoms with Crippen LogP contribution in [0.2, 0.25) is 0 Å². The van der Waals surface area contributed by atoms with Gasteiger partial charge in [0, 0.05) is 36.9 Å². The van der Waals surface area contributed by atoms with Crippen molar-refractivity contribution in [3.05, 3.63) is 58.0 Å². The molecule has 0 amide bonds. The lowest BCUT2D eigenvalue weighted by atomic mass is 10.1. The molecule has 3 fully saturated rings. The summed E-state index contributed by atoms with van der Waals surface area (Å²) in [5, 5.41) is 1.93. The van der Waals surface area contributed by atoms with Crippen LogP contribution >= 0.6 is 0 Å². The zero-order chi connectivity index (χ0) is 22.8. The van der Waals surface area contributed by atoms with Gasteiger partial charge in [-0.05, 0) is 44.7 Å². The molecule has 0 N–H and O–H groups in total. The highest BCUT2D eigenvalue weighted by atomic mass is 16.7. The van der Waals surface area contributed by atoms with Crippen LogP contribution in [-0.2, 0) is 14.3 Å².